The smallest absolute Gasteiger partial charge is 0.335 e. The van der Waals surface area contributed by atoms with E-state index in [1.54, 1.807) is 14.0 Å². The van der Waals surface area contributed by atoms with Crippen molar-refractivity contribution in [3.05, 3.63) is 35.9 Å². The monoisotopic (exact) mass is 279 g/mol. The zero-order chi connectivity index (χ0) is 15.3. The van der Waals surface area contributed by atoms with Crippen molar-refractivity contribution in [2.24, 2.45) is 0 Å². The summed E-state index contributed by atoms with van der Waals surface area (Å²) in [7, 11) is 1.56. The molecule has 0 amide bonds. The molecule has 110 valence electrons. The third kappa shape index (κ3) is 2.67. The summed E-state index contributed by atoms with van der Waals surface area (Å²) < 4.78 is 0. The highest BCUT2D eigenvalue weighted by atomic mass is 16.4. The molecule has 1 atom stereocenters. The fourth-order valence-corrected chi connectivity index (χ4v) is 2.62. The molecule has 0 bridgehead atoms. The summed E-state index contributed by atoms with van der Waals surface area (Å²) in [6.07, 6.45) is 0.625. The minimum Gasteiger partial charge on any atom is -0.479 e. The van der Waals surface area contributed by atoms with Crippen LogP contribution in [0.4, 0.5) is 0 Å². The van der Waals surface area contributed by atoms with Gasteiger partial charge in [0.2, 0.25) is 5.54 Å². The average molecular weight is 279 g/mol. The van der Waals surface area contributed by atoms with Gasteiger partial charge in [-0.25, -0.2) is 9.59 Å². The molecule has 0 radical (unpaired) electrons. The van der Waals surface area contributed by atoms with E-state index in [1.165, 1.54) is 4.90 Å². The Balaban J connectivity index is 3.26. The molecule has 0 saturated heterocycles. The van der Waals surface area contributed by atoms with Gasteiger partial charge < -0.3 is 10.2 Å². The number of nitrogens with zero attached hydrogens (tertiary/aromatic N) is 1. The normalized spacial score (nSPS) is 13.2. The first-order valence-corrected chi connectivity index (χ1v) is 6.66. The van der Waals surface area contributed by atoms with Crippen LogP contribution in [0, 0.1) is 0 Å². The molecule has 0 heterocycles. The van der Waals surface area contributed by atoms with Gasteiger partial charge in [-0.3, -0.25) is 4.90 Å². The van der Waals surface area contributed by atoms with E-state index in [0.29, 0.717) is 6.42 Å². The predicted molar refractivity (Wildman–Crippen MR) is 75.5 cm³/mol. The summed E-state index contributed by atoms with van der Waals surface area (Å²) in [5.41, 5.74) is -0.992. The van der Waals surface area contributed by atoms with Crippen molar-refractivity contribution in [1.29, 1.82) is 0 Å². The van der Waals surface area contributed by atoms with Crippen LogP contribution >= 0.6 is 0 Å². The Morgan fingerprint density at radius 3 is 2.00 bits per heavy atom. The average Bonchev–Trinajstić information content (AvgIpc) is 2.41. The highest BCUT2D eigenvalue weighted by molar-refractivity contribution is 6.03. The van der Waals surface area contributed by atoms with Gasteiger partial charge in [-0.2, -0.15) is 0 Å². The molecule has 0 fully saturated rings. The Kier molecular flexibility index (Phi) is 5.27. The first-order chi connectivity index (χ1) is 9.41. The molecule has 0 aromatic heterocycles. The van der Waals surface area contributed by atoms with E-state index in [9.17, 15) is 19.8 Å². The number of hydrogen-bond acceptors (Lipinski definition) is 3. The number of likely N-dealkylation sites (N-methyl/N-ethyl adjacent to an activating group) is 1. The molecule has 5 heteroatoms. The van der Waals surface area contributed by atoms with Crippen LogP contribution in [-0.4, -0.2) is 39.6 Å². The first kappa shape index (κ1) is 16.2. The molecule has 0 aliphatic carbocycles. The molecular formula is C15H21NO4. The number of hydrogen-bond donors (Lipinski definition) is 2. The van der Waals surface area contributed by atoms with Crippen LogP contribution < -0.4 is 0 Å². The fraction of sp³-hybridized carbons (Fsp3) is 0.467. The van der Waals surface area contributed by atoms with Gasteiger partial charge in [0.1, 0.15) is 0 Å². The lowest BCUT2D eigenvalue weighted by atomic mass is 9.90. The van der Waals surface area contributed by atoms with Crippen LogP contribution in [0.2, 0.25) is 0 Å². The van der Waals surface area contributed by atoms with Gasteiger partial charge in [0.15, 0.2) is 0 Å². The summed E-state index contributed by atoms with van der Waals surface area (Å²) >= 11 is 0. The minimum atomic E-state index is -1.91. The Hall–Kier alpha value is -1.88. The largest absolute Gasteiger partial charge is 0.479 e. The molecule has 2 N–H and O–H groups in total. The Labute approximate surface area is 118 Å². The number of benzene rings is 1. The van der Waals surface area contributed by atoms with Crippen LogP contribution in [0.15, 0.2) is 30.3 Å². The second-order valence-electron chi connectivity index (χ2n) is 4.77. The topological polar surface area (TPSA) is 77.8 Å². The third-order valence-corrected chi connectivity index (χ3v) is 3.86. The molecule has 5 nitrogen and oxygen atoms in total. The van der Waals surface area contributed by atoms with Crippen molar-refractivity contribution >= 4 is 11.9 Å². The Morgan fingerprint density at radius 1 is 1.15 bits per heavy atom. The first-order valence-electron chi connectivity index (χ1n) is 6.66. The van der Waals surface area contributed by atoms with E-state index >= 15 is 0 Å². The van der Waals surface area contributed by atoms with Gasteiger partial charge in [-0.15, -0.1) is 0 Å². The van der Waals surface area contributed by atoms with E-state index < -0.39 is 17.5 Å². The van der Waals surface area contributed by atoms with E-state index in [4.69, 9.17) is 0 Å². The Bertz CT molecular complexity index is 458. The van der Waals surface area contributed by atoms with Crippen LogP contribution in [0.1, 0.15) is 38.3 Å². The molecule has 20 heavy (non-hydrogen) atoms. The second kappa shape index (κ2) is 6.52. The van der Waals surface area contributed by atoms with Crippen LogP contribution in [0.5, 0.6) is 0 Å². The van der Waals surface area contributed by atoms with Gasteiger partial charge in [0.05, 0.1) is 0 Å². The number of carboxylic acid groups (broad SMARTS) is 2. The summed E-state index contributed by atoms with van der Waals surface area (Å²) in [5.74, 6) is -2.66. The zero-order valence-corrected chi connectivity index (χ0v) is 12.0. The number of carbonyl (C=O) groups is 2. The quantitative estimate of drug-likeness (QED) is 0.749. The van der Waals surface area contributed by atoms with Crippen molar-refractivity contribution in [1.82, 2.24) is 4.90 Å². The molecule has 0 saturated carbocycles. The minimum absolute atomic E-state index is 0.00248. The Morgan fingerprint density at radius 2 is 1.65 bits per heavy atom. The van der Waals surface area contributed by atoms with E-state index in [1.807, 2.05) is 37.3 Å². The molecule has 1 aromatic rings. The van der Waals surface area contributed by atoms with Gasteiger partial charge in [-0.05, 0) is 25.5 Å². The summed E-state index contributed by atoms with van der Waals surface area (Å²) in [6.45, 7) is 3.49. The van der Waals surface area contributed by atoms with Crippen molar-refractivity contribution < 1.29 is 19.8 Å². The maximum absolute atomic E-state index is 11.6. The van der Waals surface area contributed by atoms with Crippen molar-refractivity contribution in [3.8, 4) is 0 Å². The SMILES string of the molecule is CCC(c1ccccc1)N(C)C(CC)(C(=O)O)C(=O)O. The molecular weight excluding hydrogens is 258 g/mol. The van der Waals surface area contributed by atoms with Crippen LogP contribution in [0.25, 0.3) is 0 Å². The summed E-state index contributed by atoms with van der Waals surface area (Å²) in [6, 6.07) is 9.10. The molecule has 0 aliphatic heterocycles. The van der Waals surface area contributed by atoms with Crippen LogP contribution in [0.3, 0.4) is 0 Å². The molecule has 1 aromatic carbocycles. The van der Waals surface area contributed by atoms with Gasteiger partial charge in [0, 0.05) is 6.04 Å². The second-order valence-corrected chi connectivity index (χ2v) is 4.77. The van der Waals surface area contributed by atoms with E-state index in [2.05, 4.69) is 0 Å². The maximum atomic E-state index is 11.6. The van der Waals surface area contributed by atoms with Crippen molar-refractivity contribution in [3.63, 3.8) is 0 Å². The number of rotatable bonds is 7. The van der Waals surface area contributed by atoms with Gasteiger partial charge in [-0.1, -0.05) is 44.2 Å². The number of aliphatic carboxylic acids is 2. The molecule has 0 spiro atoms. The number of carboxylic acids is 2. The van der Waals surface area contributed by atoms with Gasteiger partial charge in [0.25, 0.3) is 0 Å². The van der Waals surface area contributed by atoms with Crippen molar-refractivity contribution in [2.75, 3.05) is 7.05 Å². The zero-order valence-electron chi connectivity index (χ0n) is 12.0. The maximum Gasteiger partial charge on any atom is 0.335 e. The molecule has 1 unspecified atom stereocenters. The van der Waals surface area contributed by atoms with Crippen LogP contribution in [-0.2, 0) is 9.59 Å². The fourth-order valence-electron chi connectivity index (χ4n) is 2.62. The third-order valence-electron chi connectivity index (χ3n) is 3.86. The highest BCUT2D eigenvalue weighted by Crippen LogP contribution is 2.32. The summed E-state index contributed by atoms with van der Waals surface area (Å²) in [5, 5.41) is 18.9. The lowest BCUT2D eigenvalue weighted by Crippen LogP contribution is -2.59. The van der Waals surface area contributed by atoms with Gasteiger partial charge >= 0.3 is 11.9 Å². The van der Waals surface area contributed by atoms with E-state index in [0.717, 1.165) is 5.56 Å². The summed E-state index contributed by atoms with van der Waals surface area (Å²) in [4.78, 5) is 24.6. The lowest BCUT2D eigenvalue weighted by molar-refractivity contribution is -0.169. The molecule has 1 rings (SSSR count). The standard InChI is InChI=1S/C15H21NO4/c1-4-12(11-9-7-6-8-10-11)16(3)15(5-2,13(17)18)14(19)20/h6-10,12H,4-5H2,1-3H3,(H,17,18)(H,19,20). The predicted octanol–water partition coefficient (Wildman–Crippen LogP) is 2.39. The molecule has 0 aliphatic rings. The highest BCUT2D eigenvalue weighted by Gasteiger charge is 2.50. The van der Waals surface area contributed by atoms with E-state index in [-0.39, 0.29) is 12.5 Å². The van der Waals surface area contributed by atoms with Crippen molar-refractivity contribution in [2.45, 2.75) is 38.3 Å². The lowest BCUT2D eigenvalue weighted by Gasteiger charge is -2.39.